The quantitative estimate of drug-likeness (QED) is 0.549. The fraction of sp³-hybridized carbons (Fsp3) is 0.0455. The third kappa shape index (κ3) is 3.70. The molecule has 0 aliphatic carbocycles. The Kier molecular flexibility index (Phi) is 5.01. The number of methoxy groups -OCH3 is 1. The van der Waals surface area contributed by atoms with Crippen LogP contribution < -0.4 is 15.6 Å². The molecule has 1 amide bonds. The van der Waals surface area contributed by atoms with Crippen LogP contribution in [0.2, 0.25) is 5.02 Å². The van der Waals surface area contributed by atoms with Gasteiger partial charge in [0.05, 0.1) is 23.4 Å². The highest BCUT2D eigenvalue weighted by atomic mass is 35.5. The van der Waals surface area contributed by atoms with Crippen molar-refractivity contribution in [3.8, 4) is 11.4 Å². The Bertz CT molecular complexity index is 1270. The lowest BCUT2D eigenvalue weighted by atomic mass is 10.1. The molecule has 0 saturated carbocycles. The Balaban J connectivity index is 1.86. The SMILES string of the molecule is COc1cccc(-n2cc(C(=O)Nc3ccc(Cl)cn3)c3ccccc3c2=O)c1. The molecule has 0 unspecified atom stereocenters. The highest BCUT2D eigenvalue weighted by Crippen LogP contribution is 2.21. The van der Waals surface area contributed by atoms with E-state index in [4.69, 9.17) is 16.3 Å². The van der Waals surface area contributed by atoms with E-state index in [0.717, 1.165) is 0 Å². The molecular formula is C22H16ClN3O3. The summed E-state index contributed by atoms with van der Waals surface area (Å²) in [5, 5.41) is 4.22. The fourth-order valence-corrected chi connectivity index (χ4v) is 3.17. The number of pyridine rings is 2. The summed E-state index contributed by atoms with van der Waals surface area (Å²) in [6.45, 7) is 0. The summed E-state index contributed by atoms with van der Waals surface area (Å²) < 4.78 is 6.70. The summed E-state index contributed by atoms with van der Waals surface area (Å²) in [6.07, 6.45) is 2.98. The summed E-state index contributed by atoms with van der Waals surface area (Å²) in [5.41, 5.74) is 0.716. The van der Waals surface area contributed by atoms with Crippen LogP contribution in [-0.4, -0.2) is 22.6 Å². The third-order valence-corrected chi connectivity index (χ3v) is 4.69. The molecule has 144 valence electrons. The first-order valence-corrected chi connectivity index (χ1v) is 9.16. The Morgan fingerprint density at radius 3 is 2.59 bits per heavy atom. The highest BCUT2D eigenvalue weighted by Gasteiger charge is 2.16. The first kappa shape index (κ1) is 18.7. The van der Waals surface area contributed by atoms with Gasteiger partial charge in [-0.15, -0.1) is 0 Å². The van der Waals surface area contributed by atoms with Crippen molar-refractivity contribution in [3.63, 3.8) is 0 Å². The number of carbonyl (C=O) groups is 1. The minimum Gasteiger partial charge on any atom is -0.497 e. The first-order valence-electron chi connectivity index (χ1n) is 8.78. The Labute approximate surface area is 171 Å². The first-order chi connectivity index (χ1) is 14.1. The molecule has 4 rings (SSSR count). The number of ether oxygens (including phenoxy) is 1. The molecule has 0 radical (unpaired) electrons. The maximum Gasteiger partial charge on any atom is 0.262 e. The summed E-state index contributed by atoms with van der Waals surface area (Å²) in [7, 11) is 1.56. The van der Waals surface area contributed by atoms with Gasteiger partial charge in [-0.2, -0.15) is 0 Å². The van der Waals surface area contributed by atoms with Crippen LogP contribution in [0.5, 0.6) is 5.75 Å². The standard InChI is InChI=1S/C22H16ClN3O3/c1-29-16-6-4-5-15(11-16)26-13-19(17-7-2-3-8-18(17)22(26)28)21(27)25-20-10-9-14(23)12-24-20/h2-13H,1H3,(H,24,25,27). The number of anilines is 1. The summed E-state index contributed by atoms with van der Waals surface area (Å²) in [5.74, 6) is 0.592. The molecule has 0 bridgehead atoms. The monoisotopic (exact) mass is 405 g/mol. The zero-order chi connectivity index (χ0) is 20.4. The topological polar surface area (TPSA) is 73.2 Å². The largest absolute Gasteiger partial charge is 0.497 e. The zero-order valence-corrected chi connectivity index (χ0v) is 16.2. The smallest absolute Gasteiger partial charge is 0.262 e. The molecule has 0 saturated heterocycles. The molecule has 1 N–H and O–H groups in total. The molecule has 0 spiro atoms. The van der Waals surface area contributed by atoms with Gasteiger partial charge in [0, 0.05) is 29.2 Å². The van der Waals surface area contributed by atoms with E-state index in [0.29, 0.717) is 38.6 Å². The molecule has 7 heteroatoms. The van der Waals surface area contributed by atoms with Crippen LogP contribution in [0.25, 0.3) is 16.5 Å². The van der Waals surface area contributed by atoms with Crippen molar-refractivity contribution in [2.45, 2.75) is 0 Å². The molecule has 0 fully saturated rings. The van der Waals surface area contributed by atoms with Gasteiger partial charge in [0.25, 0.3) is 11.5 Å². The average Bonchev–Trinajstić information content (AvgIpc) is 2.76. The Morgan fingerprint density at radius 1 is 1.07 bits per heavy atom. The second kappa shape index (κ2) is 7.77. The summed E-state index contributed by atoms with van der Waals surface area (Å²) in [6, 6.07) is 17.3. The minimum atomic E-state index is -0.382. The average molecular weight is 406 g/mol. The number of fused-ring (bicyclic) bond motifs is 1. The summed E-state index contributed by atoms with van der Waals surface area (Å²) in [4.78, 5) is 30.2. The second-order valence-electron chi connectivity index (χ2n) is 6.28. The highest BCUT2D eigenvalue weighted by molar-refractivity contribution is 6.30. The van der Waals surface area contributed by atoms with Crippen molar-refractivity contribution in [2.75, 3.05) is 12.4 Å². The van der Waals surface area contributed by atoms with Gasteiger partial charge in [-0.25, -0.2) is 4.98 Å². The van der Waals surface area contributed by atoms with Gasteiger partial charge in [-0.05, 0) is 30.3 Å². The number of rotatable bonds is 4. The van der Waals surface area contributed by atoms with Gasteiger partial charge >= 0.3 is 0 Å². The van der Waals surface area contributed by atoms with Crippen LogP contribution >= 0.6 is 11.6 Å². The van der Waals surface area contributed by atoms with E-state index < -0.39 is 0 Å². The zero-order valence-electron chi connectivity index (χ0n) is 15.4. The Morgan fingerprint density at radius 2 is 1.86 bits per heavy atom. The van der Waals surface area contributed by atoms with E-state index in [1.807, 2.05) is 0 Å². The van der Waals surface area contributed by atoms with Gasteiger partial charge in [-0.1, -0.05) is 35.9 Å². The van der Waals surface area contributed by atoms with Crippen molar-refractivity contribution < 1.29 is 9.53 Å². The Hall–Kier alpha value is -3.64. The molecule has 2 aromatic heterocycles. The van der Waals surface area contributed by atoms with Crippen molar-refractivity contribution in [2.24, 2.45) is 0 Å². The van der Waals surface area contributed by atoms with E-state index in [9.17, 15) is 9.59 Å². The van der Waals surface area contributed by atoms with Crippen molar-refractivity contribution in [1.82, 2.24) is 9.55 Å². The number of halogens is 1. The van der Waals surface area contributed by atoms with Crippen LogP contribution in [0.15, 0.2) is 77.9 Å². The third-order valence-electron chi connectivity index (χ3n) is 4.47. The van der Waals surface area contributed by atoms with Crippen LogP contribution in [-0.2, 0) is 0 Å². The fourth-order valence-electron chi connectivity index (χ4n) is 3.06. The van der Waals surface area contributed by atoms with Gasteiger partial charge < -0.3 is 10.1 Å². The van der Waals surface area contributed by atoms with E-state index in [2.05, 4.69) is 10.3 Å². The van der Waals surface area contributed by atoms with Crippen molar-refractivity contribution in [1.29, 1.82) is 0 Å². The number of benzene rings is 2. The number of aromatic nitrogens is 2. The lowest BCUT2D eigenvalue weighted by Crippen LogP contribution is -2.23. The molecule has 2 heterocycles. The number of carbonyl (C=O) groups excluding carboxylic acids is 1. The minimum absolute atomic E-state index is 0.227. The predicted octanol–water partition coefficient (Wildman–Crippen LogP) is 4.30. The van der Waals surface area contributed by atoms with Gasteiger partial charge in [0.1, 0.15) is 11.6 Å². The van der Waals surface area contributed by atoms with E-state index in [-0.39, 0.29) is 11.5 Å². The number of hydrogen-bond acceptors (Lipinski definition) is 4. The maximum absolute atomic E-state index is 13.1. The van der Waals surface area contributed by atoms with E-state index >= 15 is 0 Å². The molecule has 0 aliphatic rings. The van der Waals surface area contributed by atoms with Crippen molar-refractivity contribution in [3.05, 3.63) is 94.0 Å². The van der Waals surface area contributed by atoms with Gasteiger partial charge in [0.15, 0.2) is 0 Å². The molecule has 0 atom stereocenters. The van der Waals surface area contributed by atoms with Crippen LogP contribution in [0.3, 0.4) is 0 Å². The molecular weight excluding hydrogens is 390 g/mol. The summed E-state index contributed by atoms with van der Waals surface area (Å²) >= 11 is 5.85. The molecule has 29 heavy (non-hydrogen) atoms. The van der Waals surface area contributed by atoms with Crippen LogP contribution in [0.4, 0.5) is 5.82 Å². The van der Waals surface area contributed by atoms with Crippen LogP contribution in [0.1, 0.15) is 10.4 Å². The molecule has 2 aromatic carbocycles. The molecule has 6 nitrogen and oxygen atoms in total. The van der Waals surface area contributed by atoms with E-state index in [1.54, 1.807) is 67.8 Å². The normalized spacial score (nSPS) is 10.7. The number of nitrogens with one attached hydrogen (secondary N) is 1. The molecule has 0 aliphatic heterocycles. The lowest BCUT2D eigenvalue weighted by molar-refractivity contribution is 0.102. The van der Waals surface area contributed by atoms with Crippen molar-refractivity contribution >= 4 is 34.1 Å². The number of amides is 1. The van der Waals surface area contributed by atoms with Crippen LogP contribution in [0, 0.1) is 0 Å². The predicted molar refractivity (Wildman–Crippen MR) is 113 cm³/mol. The molecule has 4 aromatic rings. The second-order valence-corrected chi connectivity index (χ2v) is 6.72. The lowest BCUT2D eigenvalue weighted by Gasteiger charge is -2.13. The van der Waals surface area contributed by atoms with Gasteiger partial charge in [-0.3, -0.25) is 14.2 Å². The van der Waals surface area contributed by atoms with E-state index in [1.165, 1.54) is 17.0 Å². The van der Waals surface area contributed by atoms with Gasteiger partial charge in [0.2, 0.25) is 0 Å². The maximum atomic E-state index is 13.1. The number of nitrogens with zero attached hydrogens (tertiary/aromatic N) is 2. The number of hydrogen-bond donors (Lipinski definition) is 1.